The van der Waals surface area contributed by atoms with Gasteiger partial charge in [-0.25, -0.2) is 14.4 Å². The molecule has 0 saturated heterocycles. The number of carbonyl (C=O) groups excluding carboxylic acids is 1. The van der Waals surface area contributed by atoms with Crippen molar-refractivity contribution in [1.82, 2.24) is 9.97 Å². The van der Waals surface area contributed by atoms with E-state index in [4.69, 9.17) is 25.2 Å². The topological polar surface area (TPSA) is 68.9 Å². The van der Waals surface area contributed by atoms with Crippen LogP contribution in [0.4, 0.5) is 10.1 Å². The molecule has 2 radical (unpaired) electrons. The molecule has 0 aliphatic heterocycles. The number of carbonyl (C=O) groups is 1. The summed E-state index contributed by atoms with van der Waals surface area (Å²) >= 11 is 7.25. The van der Waals surface area contributed by atoms with Gasteiger partial charge < -0.3 is 5.73 Å². The van der Waals surface area contributed by atoms with Gasteiger partial charge in [-0.2, -0.15) is 0 Å². The highest BCUT2D eigenvalue weighted by Crippen LogP contribution is 2.26. The van der Waals surface area contributed by atoms with Crippen molar-refractivity contribution < 1.29 is 9.18 Å². The fraction of sp³-hybridized carbons (Fsp3) is 0.154. The van der Waals surface area contributed by atoms with Gasteiger partial charge in [0.05, 0.1) is 36.0 Å². The first kappa shape index (κ1) is 15.8. The van der Waals surface area contributed by atoms with E-state index < -0.39 is 17.4 Å². The molecule has 2 N–H and O–H groups in total. The normalized spacial score (nSPS) is 12.1. The highest BCUT2D eigenvalue weighted by Gasteiger charge is 2.24. The average Bonchev–Trinajstić information content (AvgIpc) is 2.49. The van der Waals surface area contributed by atoms with E-state index in [1.165, 1.54) is 36.2 Å². The number of anilines is 1. The quantitative estimate of drug-likeness (QED) is 0.308. The summed E-state index contributed by atoms with van der Waals surface area (Å²) in [7, 11) is 5.87. The first-order chi connectivity index (χ1) is 9.95. The minimum atomic E-state index is -1.19. The molecule has 0 fully saturated rings. The molecule has 0 amide bonds. The van der Waals surface area contributed by atoms with E-state index in [-0.39, 0.29) is 22.0 Å². The molecule has 0 aliphatic rings. The second-order valence-electron chi connectivity index (χ2n) is 4.14. The highest BCUT2D eigenvalue weighted by molar-refractivity contribution is 7.98. The third kappa shape index (κ3) is 3.19. The SMILES string of the molecule is [B]C(C(=O)c1cccc(N)c1F)c1nc(SC)ncc1Cl. The Bertz CT molecular complexity index is 701. The molecule has 106 valence electrons. The molecule has 21 heavy (non-hydrogen) atoms. The van der Waals surface area contributed by atoms with Crippen LogP contribution in [0, 0.1) is 5.82 Å². The Kier molecular flexibility index (Phi) is 4.85. The lowest BCUT2D eigenvalue weighted by atomic mass is 9.78. The zero-order chi connectivity index (χ0) is 15.6. The number of benzene rings is 1. The van der Waals surface area contributed by atoms with E-state index in [1.54, 1.807) is 6.26 Å². The number of ketones is 1. The van der Waals surface area contributed by atoms with Crippen LogP contribution < -0.4 is 5.73 Å². The van der Waals surface area contributed by atoms with Crippen molar-refractivity contribution in [3.63, 3.8) is 0 Å². The first-order valence-corrected chi connectivity index (χ1v) is 7.46. The molecule has 0 saturated carbocycles. The molecule has 1 atom stereocenters. The second kappa shape index (κ2) is 6.45. The Hall–Kier alpha value is -1.60. The minimum absolute atomic E-state index is 0.119. The van der Waals surface area contributed by atoms with Crippen molar-refractivity contribution in [2.75, 3.05) is 12.0 Å². The van der Waals surface area contributed by atoms with Crippen LogP contribution in [0.3, 0.4) is 0 Å². The van der Waals surface area contributed by atoms with Crippen molar-refractivity contribution in [2.45, 2.75) is 11.0 Å². The standard InChI is InChI=1S/C13H10BClFN3OS/c1-21-13-18-5-7(15)11(19-13)9(14)12(20)6-3-2-4-8(17)10(6)16/h2-5,9H,17H2,1H3. The molecule has 2 aromatic rings. The van der Waals surface area contributed by atoms with Gasteiger partial charge in [-0.3, -0.25) is 4.79 Å². The van der Waals surface area contributed by atoms with Crippen LogP contribution in [0.2, 0.25) is 5.02 Å². The van der Waals surface area contributed by atoms with Crippen LogP contribution in [0.25, 0.3) is 0 Å². The lowest BCUT2D eigenvalue weighted by molar-refractivity contribution is 0.0981. The molecule has 0 spiro atoms. The number of nitrogens with zero attached hydrogens (tertiary/aromatic N) is 2. The van der Waals surface area contributed by atoms with Gasteiger partial charge in [0, 0.05) is 5.82 Å². The molecule has 1 aromatic heterocycles. The highest BCUT2D eigenvalue weighted by atomic mass is 35.5. The molecular formula is C13H10BClFN3OS. The van der Waals surface area contributed by atoms with Crippen LogP contribution in [0.5, 0.6) is 0 Å². The number of Topliss-reactive ketones (excluding diaryl/α,β-unsaturated/α-hetero) is 1. The summed E-state index contributed by atoms with van der Waals surface area (Å²) in [5.41, 5.74) is 5.29. The average molecular weight is 322 g/mol. The summed E-state index contributed by atoms with van der Waals surface area (Å²) in [6, 6.07) is 4.16. The largest absolute Gasteiger partial charge is 0.396 e. The summed E-state index contributed by atoms with van der Waals surface area (Å²) < 4.78 is 13.9. The van der Waals surface area contributed by atoms with Gasteiger partial charge >= 0.3 is 0 Å². The Morgan fingerprint density at radius 3 is 2.90 bits per heavy atom. The molecule has 1 heterocycles. The van der Waals surface area contributed by atoms with E-state index in [1.807, 2.05) is 0 Å². The van der Waals surface area contributed by atoms with Gasteiger partial charge in [0.1, 0.15) is 0 Å². The summed E-state index contributed by atoms with van der Waals surface area (Å²) in [5, 5.41) is 0.573. The molecule has 4 nitrogen and oxygen atoms in total. The van der Waals surface area contributed by atoms with Crippen molar-refractivity contribution >= 4 is 42.7 Å². The van der Waals surface area contributed by atoms with Gasteiger partial charge in [-0.05, 0) is 18.4 Å². The van der Waals surface area contributed by atoms with Crippen LogP contribution in [-0.4, -0.2) is 29.9 Å². The maximum absolute atomic E-state index is 13.9. The molecule has 1 aromatic carbocycles. The third-order valence-corrected chi connectivity index (χ3v) is 3.66. The fourth-order valence-corrected chi connectivity index (χ4v) is 2.27. The van der Waals surface area contributed by atoms with Gasteiger partial charge in [-0.1, -0.05) is 29.4 Å². The van der Waals surface area contributed by atoms with Crippen LogP contribution in [0.15, 0.2) is 29.6 Å². The van der Waals surface area contributed by atoms with Gasteiger partial charge in [0.25, 0.3) is 0 Å². The van der Waals surface area contributed by atoms with Crippen LogP contribution >= 0.6 is 23.4 Å². The van der Waals surface area contributed by atoms with Crippen LogP contribution in [-0.2, 0) is 0 Å². The van der Waals surface area contributed by atoms with E-state index in [0.717, 1.165) is 0 Å². The number of nitrogens with two attached hydrogens (primary N) is 1. The van der Waals surface area contributed by atoms with Gasteiger partial charge in [-0.15, -0.1) is 0 Å². The maximum Gasteiger partial charge on any atom is 0.187 e. The lowest BCUT2D eigenvalue weighted by Gasteiger charge is -2.13. The number of thioether (sulfide) groups is 1. The number of aromatic nitrogens is 2. The predicted octanol–water partition coefficient (Wildman–Crippen LogP) is 2.67. The number of hydrogen-bond acceptors (Lipinski definition) is 5. The van der Waals surface area contributed by atoms with Gasteiger partial charge in [0.2, 0.25) is 0 Å². The summed E-state index contributed by atoms with van der Waals surface area (Å²) in [6.07, 6.45) is 3.14. The predicted molar refractivity (Wildman–Crippen MR) is 82.5 cm³/mol. The van der Waals surface area contributed by atoms with E-state index >= 15 is 0 Å². The Morgan fingerprint density at radius 1 is 1.52 bits per heavy atom. The number of hydrogen-bond donors (Lipinski definition) is 1. The molecular weight excluding hydrogens is 311 g/mol. The third-order valence-electron chi connectivity index (χ3n) is 2.80. The number of halogens is 2. The van der Waals surface area contributed by atoms with E-state index in [9.17, 15) is 9.18 Å². The number of rotatable bonds is 4. The van der Waals surface area contributed by atoms with Crippen molar-refractivity contribution in [3.05, 3.63) is 46.5 Å². The van der Waals surface area contributed by atoms with Crippen LogP contribution in [0.1, 0.15) is 21.9 Å². The number of nitrogen functional groups attached to an aromatic ring is 1. The summed E-state index contributed by atoms with van der Waals surface area (Å²) in [5.74, 6) is -2.64. The lowest BCUT2D eigenvalue weighted by Crippen LogP contribution is -2.17. The molecule has 2 rings (SSSR count). The maximum atomic E-state index is 13.9. The minimum Gasteiger partial charge on any atom is -0.396 e. The van der Waals surface area contributed by atoms with E-state index in [0.29, 0.717) is 5.16 Å². The van der Waals surface area contributed by atoms with E-state index in [2.05, 4.69) is 9.97 Å². The smallest absolute Gasteiger partial charge is 0.187 e. The fourth-order valence-electron chi connectivity index (χ4n) is 1.71. The Balaban J connectivity index is 2.42. The van der Waals surface area contributed by atoms with Crippen molar-refractivity contribution in [2.24, 2.45) is 0 Å². The monoisotopic (exact) mass is 321 g/mol. The van der Waals surface area contributed by atoms with Crippen molar-refractivity contribution in [3.8, 4) is 0 Å². The Labute approximate surface area is 131 Å². The summed E-state index contributed by atoms with van der Waals surface area (Å²) in [6.45, 7) is 0. The molecule has 0 bridgehead atoms. The second-order valence-corrected chi connectivity index (χ2v) is 5.32. The van der Waals surface area contributed by atoms with Crippen molar-refractivity contribution in [1.29, 1.82) is 0 Å². The Morgan fingerprint density at radius 2 is 2.24 bits per heavy atom. The zero-order valence-corrected chi connectivity index (χ0v) is 12.6. The summed E-state index contributed by atoms with van der Waals surface area (Å²) in [4.78, 5) is 20.4. The first-order valence-electron chi connectivity index (χ1n) is 5.86. The molecule has 8 heteroatoms. The zero-order valence-electron chi connectivity index (χ0n) is 11.0. The van der Waals surface area contributed by atoms with Gasteiger partial charge in [0.15, 0.2) is 16.8 Å². The molecule has 0 aliphatic carbocycles. The molecule has 1 unspecified atom stereocenters.